The smallest absolute Gasteiger partial charge is 0.368 e. The number of alkyl halides is 3. The van der Waals surface area contributed by atoms with Gasteiger partial charge in [-0.3, -0.25) is 9.59 Å². The predicted molar refractivity (Wildman–Crippen MR) is 128 cm³/mol. The van der Waals surface area contributed by atoms with Crippen molar-refractivity contribution in [2.75, 3.05) is 23.3 Å². The normalized spacial score (nSPS) is 14.5. The number of carbonyl (C=O) groups excluding carboxylic acids is 2. The number of aromatic nitrogens is 2. The molecule has 1 unspecified atom stereocenters. The quantitative estimate of drug-likeness (QED) is 0.409. The van der Waals surface area contributed by atoms with Crippen LogP contribution in [0.2, 0.25) is 0 Å². The van der Waals surface area contributed by atoms with Gasteiger partial charge in [0.25, 0.3) is 5.91 Å². The zero-order valence-corrected chi connectivity index (χ0v) is 19.3. The number of rotatable bonds is 6. The van der Waals surface area contributed by atoms with E-state index in [9.17, 15) is 22.8 Å². The second-order valence-corrected chi connectivity index (χ2v) is 8.31. The fourth-order valence-corrected chi connectivity index (χ4v) is 3.83. The van der Waals surface area contributed by atoms with Crippen LogP contribution in [0.5, 0.6) is 0 Å². The number of nitrogens with zero attached hydrogens (tertiary/aromatic N) is 3. The summed E-state index contributed by atoms with van der Waals surface area (Å²) in [5.74, 6) is -0.952. The number of nitrogens with two attached hydrogens (primary N) is 2. The van der Waals surface area contributed by atoms with E-state index in [1.54, 1.807) is 13.0 Å². The van der Waals surface area contributed by atoms with Crippen molar-refractivity contribution in [2.45, 2.75) is 25.7 Å². The fourth-order valence-electron chi connectivity index (χ4n) is 3.83. The number of nitrogens with one attached hydrogen (secondary N) is 2. The Morgan fingerprint density at radius 2 is 1.81 bits per heavy atom. The summed E-state index contributed by atoms with van der Waals surface area (Å²) >= 11 is 0. The molecule has 36 heavy (non-hydrogen) atoms. The highest BCUT2D eigenvalue weighted by Crippen LogP contribution is 2.35. The minimum Gasteiger partial charge on any atom is -0.368 e. The van der Waals surface area contributed by atoms with E-state index < -0.39 is 29.6 Å². The molecule has 0 saturated heterocycles. The molecule has 0 fully saturated rings. The van der Waals surface area contributed by atoms with Gasteiger partial charge in [-0.05, 0) is 55.0 Å². The van der Waals surface area contributed by atoms with Gasteiger partial charge in [-0.25, -0.2) is 9.97 Å². The molecular formula is C24H24F3N7O2. The summed E-state index contributed by atoms with van der Waals surface area (Å²) in [5, 5.41) is 6.13. The molecule has 1 aliphatic heterocycles. The van der Waals surface area contributed by atoms with Crippen molar-refractivity contribution in [1.82, 2.24) is 15.3 Å². The SMILES string of the molecule is CC(Nc1cc(C(N)=O)nc(-c2ccc3c(c2)CNCCN3c2ccc(C(F)(F)F)cc2)n1)C(N)=O. The van der Waals surface area contributed by atoms with Gasteiger partial charge in [0.05, 0.1) is 5.56 Å². The highest BCUT2D eigenvalue weighted by atomic mass is 19.4. The van der Waals surface area contributed by atoms with Gasteiger partial charge in [0.1, 0.15) is 17.6 Å². The first-order chi connectivity index (χ1) is 17.0. The van der Waals surface area contributed by atoms with Crippen molar-refractivity contribution >= 4 is 29.0 Å². The second-order valence-electron chi connectivity index (χ2n) is 8.31. The zero-order valence-electron chi connectivity index (χ0n) is 19.3. The molecule has 188 valence electrons. The molecule has 1 aromatic heterocycles. The van der Waals surface area contributed by atoms with E-state index in [-0.39, 0.29) is 17.3 Å². The van der Waals surface area contributed by atoms with Gasteiger partial charge in [-0.2, -0.15) is 13.2 Å². The van der Waals surface area contributed by atoms with Gasteiger partial charge in [0, 0.05) is 42.6 Å². The van der Waals surface area contributed by atoms with Crippen molar-refractivity contribution in [3.05, 3.63) is 65.4 Å². The molecule has 0 bridgehead atoms. The van der Waals surface area contributed by atoms with Crippen molar-refractivity contribution in [2.24, 2.45) is 11.5 Å². The lowest BCUT2D eigenvalue weighted by Crippen LogP contribution is -2.33. The van der Waals surface area contributed by atoms with Gasteiger partial charge in [-0.1, -0.05) is 0 Å². The lowest BCUT2D eigenvalue weighted by molar-refractivity contribution is -0.137. The van der Waals surface area contributed by atoms with Crippen molar-refractivity contribution in [3.8, 4) is 11.4 Å². The molecule has 1 aliphatic rings. The minimum atomic E-state index is -4.41. The van der Waals surface area contributed by atoms with Crippen LogP contribution in [0.3, 0.4) is 0 Å². The third kappa shape index (κ3) is 5.38. The van der Waals surface area contributed by atoms with Gasteiger partial charge >= 0.3 is 6.18 Å². The van der Waals surface area contributed by atoms with Crippen LogP contribution in [0.4, 0.5) is 30.4 Å². The Morgan fingerprint density at radius 3 is 2.44 bits per heavy atom. The van der Waals surface area contributed by atoms with E-state index >= 15 is 0 Å². The molecule has 1 atom stereocenters. The number of primary amides is 2. The van der Waals surface area contributed by atoms with Crippen molar-refractivity contribution in [1.29, 1.82) is 0 Å². The summed E-state index contributed by atoms with van der Waals surface area (Å²) in [6.07, 6.45) is -4.41. The largest absolute Gasteiger partial charge is 0.416 e. The first-order valence-corrected chi connectivity index (χ1v) is 11.1. The first-order valence-electron chi connectivity index (χ1n) is 11.1. The molecule has 0 spiro atoms. The lowest BCUT2D eigenvalue weighted by Gasteiger charge is -2.25. The Bertz CT molecular complexity index is 1300. The monoisotopic (exact) mass is 499 g/mol. The average molecular weight is 499 g/mol. The molecule has 6 N–H and O–H groups in total. The van der Waals surface area contributed by atoms with Crippen LogP contribution in [-0.2, 0) is 17.5 Å². The Hall–Kier alpha value is -4.19. The van der Waals surface area contributed by atoms with Gasteiger partial charge < -0.3 is 27.0 Å². The zero-order chi connectivity index (χ0) is 26.0. The molecule has 2 heterocycles. The number of benzene rings is 2. The molecule has 12 heteroatoms. The van der Waals surface area contributed by atoms with Crippen molar-refractivity contribution < 1.29 is 22.8 Å². The fraction of sp³-hybridized carbons (Fsp3) is 0.250. The second kappa shape index (κ2) is 9.82. The molecular weight excluding hydrogens is 475 g/mol. The summed E-state index contributed by atoms with van der Waals surface area (Å²) in [4.78, 5) is 33.9. The number of hydrogen-bond donors (Lipinski definition) is 4. The molecule has 9 nitrogen and oxygen atoms in total. The number of hydrogen-bond acceptors (Lipinski definition) is 7. The third-order valence-electron chi connectivity index (χ3n) is 5.73. The van der Waals surface area contributed by atoms with Crippen LogP contribution in [0.1, 0.15) is 28.5 Å². The van der Waals surface area contributed by atoms with Gasteiger partial charge in [-0.15, -0.1) is 0 Å². The predicted octanol–water partition coefficient (Wildman–Crippen LogP) is 2.79. The molecule has 3 aromatic rings. The molecule has 0 aliphatic carbocycles. The van der Waals surface area contributed by atoms with Crippen LogP contribution >= 0.6 is 0 Å². The summed E-state index contributed by atoms with van der Waals surface area (Å²) in [5.41, 5.74) is 12.9. The molecule has 2 amide bonds. The van der Waals surface area contributed by atoms with E-state index in [0.717, 1.165) is 23.4 Å². The number of carbonyl (C=O) groups is 2. The summed E-state index contributed by atoms with van der Waals surface area (Å²) < 4.78 is 39.0. The minimum absolute atomic E-state index is 0.0429. The van der Waals surface area contributed by atoms with Gasteiger partial charge in [0.2, 0.25) is 5.91 Å². The van der Waals surface area contributed by atoms with Crippen LogP contribution in [-0.4, -0.2) is 40.9 Å². The summed E-state index contributed by atoms with van der Waals surface area (Å²) in [7, 11) is 0. The third-order valence-corrected chi connectivity index (χ3v) is 5.73. The Labute approximate surface area is 204 Å². The molecule has 0 saturated carbocycles. The summed E-state index contributed by atoms with van der Waals surface area (Å²) in [6.45, 7) is 3.21. The number of fused-ring (bicyclic) bond motifs is 1. The van der Waals surface area contributed by atoms with Crippen molar-refractivity contribution in [3.63, 3.8) is 0 Å². The Kier molecular flexibility index (Phi) is 6.80. The van der Waals surface area contributed by atoms with E-state index in [0.29, 0.717) is 30.9 Å². The standard InChI is InChI=1S/C24H24F3N7O2/c1-13(21(28)35)31-20-11-18(22(29)36)32-23(33-20)14-2-7-19-15(10-14)12-30-8-9-34(19)17-5-3-16(4-6-17)24(25,26)27/h2-7,10-11,13,30H,8-9,12H2,1H3,(H2,28,35)(H2,29,36)(H,31,32,33). The van der Waals surface area contributed by atoms with Crippen LogP contribution in [0.25, 0.3) is 11.4 Å². The maximum Gasteiger partial charge on any atom is 0.416 e. The average Bonchev–Trinajstić information content (AvgIpc) is 3.05. The van der Waals surface area contributed by atoms with Crippen LogP contribution in [0, 0.1) is 0 Å². The van der Waals surface area contributed by atoms with Crippen LogP contribution in [0.15, 0.2) is 48.5 Å². The maximum absolute atomic E-state index is 13.0. The van der Waals surface area contributed by atoms with E-state index in [1.807, 2.05) is 17.0 Å². The topological polar surface area (TPSA) is 139 Å². The van der Waals surface area contributed by atoms with E-state index in [4.69, 9.17) is 11.5 Å². The van der Waals surface area contributed by atoms with Gasteiger partial charge in [0.15, 0.2) is 5.82 Å². The molecule has 4 rings (SSSR count). The van der Waals surface area contributed by atoms with E-state index in [1.165, 1.54) is 18.2 Å². The highest BCUT2D eigenvalue weighted by molar-refractivity contribution is 5.92. The number of anilines is 3. The van der Waals surface area contributed by atoms with E-state index in [2.05, 4.69) is 20.6 Å². The Morgan fingerprint density at radius 1 is 1.08 bits per heavy atom. The van der Waals surface area contributed by atoms with Crippen LogP contribution < -0.4 is 27.0 Å². The summed E-state index contributed by atoms with van der Waals surface area (Å²) in [6, 6.07) is 11.0. The highest BCUT2D eigenvalue weighted by Gasteiger charge is 2.30. The Balaban J connectivity index is 1.71. The maximum atomic E-state index is 13.0. The lowest BCUT2D eigenvalue weighted by atomic mass is 10.1. The number of amides is 2. The molecule has 2 aromatic carbocycles. The first kappa shape index (κ1) is 24.9. The number of halogens is 3. The molecule has 0 radical (unpaired) electrons.